The van der Waals surface area contributed by atoms with E-state index < -0.39 is 8.53 Å². The predicted molar refractivity (Wildman–Crippen MR) is 97.2 cm³/mol. The molecule has 0 aliphatic carbocycles. The molecule has 128 valence electrons. The number of hydrogen-bond acceptors (Lipinski definition) is 3. The van der Waals surface area contributed by atoms with Crippen LogP contribution in [0.25, 0.3) is 4.85 Å². The summed E-state index contributed by atoms with van der Waals surface area (Å²) in [5, 5.41) is 0. The fourth-order valence-corrected chi connectivity index (χ4v) is 3.35. The van der Waals surface area contributed by atoms with E-state index >= 15 is 0 Å². The van der Waals surface area contributed by atoms with E-state index in [0.717, 1.165) is 6.42 Å². The van der Waals surface area contributed by atoms with Crippen molar-refractivity contribution in [3.8, 4) is 0 Å². The fraction of sp³-hybridized carbons (Fsp3) is 0.611. The van der Waals surface area contributed by atoms with Crippen LogP contribution in [-0.4, -0.2) is 38.5 Å². The second-order valence-corrected chi connectivity index (χ2v) is 7.74. The number of nitrogens with zero attached hydrogens (tertiary/aromatic N) is 2. The van der Waals surface area contributed by atoms with Crippen LogP contribution in [0, 0.1) is 12.5 Å². The quantitative estimate of drug-likeness (QED) is 0.325. The van der Waals surface area contributed by atoms with Gasteiger partial charge in [-0.2, -0.15) is 0 Å². The monoisotopic (exact) mass is 336 g/mol. The Morgan fingerprint density at radius 3 is 2.48 bits per heavy atom. The van der Waals surface area contributed by atoms with E-state index in [1.54, 1.807) is 0 Å². The minimum Gasteiger partial charge on any atom is -0.321 e. The molecule has 0 radical (unpaired) electrons. The summed E-state index contributed by atoms with van der Waals surface area (Å²) in [5.74, 6) is 1.04. The average Bonchev–Trinajstić information content (AvgIpc) is 2.56. The lowest BCUT2D eigenvalue weighted by Crippen LogP contribution is -2.15. The van der Waals surface area contributed by atoms with Crippen LogP contribution in [-0.2, 0) is 9.05 Å². The molecule has 1 aromatic carbocycles. The van der Waals surface area contributed by atoms with Crippen molar-refractivity contribution in [2.75, 3.05) is 33.9 Å². The molecular formula is C18H29N2O2P. The van der Waals surface area contributed by atoms with Gasteiger partial charge in [-0.05, 0) is 32.0 Å². The summed E-state index contributed by atoms with van der Waals surface area (Å²) in [7, 11) is 2.81. The number of rotatable bonds is 11. The summed E-state index contributed by atoms with van der Waals surface area (Å²) < 4.78 is 13.8. The van der Waals surface area contributed by atoms with Gasteiger partial charge in [0.25, 0.3) is 8.53 Å². The summed E-state index contributed by atoms with van der Waals surface area (Å²) in [6.07, 6.45) is 2.28. The van der Waals surface area contributed by atoms with Gasteiger partial charge in [0.15, 0.2) is 0 Å². The van der Waals surface area contributed by atoms with Crippen molar-refractivity contribution in [2.24, 2.45) is 5.92 Å². The fourth-order valence-electron chi connectivity index (χ4n) is 2.26. The zero-order valence-electron chi connectivity index (χ0n) is 14.7. The third-order valence-corrected chi connectivity index (χ3v) is 5.20. The topological polar surface area (TPSA) is 26.1 Å². The largest absolute Gasteiger partial charge is 0.321 e. The molecule has 5 heteroatoms. The third-order valence-electron chi connectivity index (χ3n) is 3.77. The summed E-state index contributed by atoms with van der Waals surface area (Å²) in [6.45, 7) is 12.8. The number of hydrogen-bond donors (Lipinski definition) is 0. The number of benzene rings is 1. The first-order valence-corrected chi connectivity index (χ1v) is 9.32. The van der Waals surface area contributed by atoms with Gasteiger partial charge < -0.3 is 13.9 Å². The van der Waals surface area contributed by atoms with Crippen LogP contribution in [0.5, 0.6) is 0 Å². The van der Waals surface area contributed by atoms with Gasteiger partial charge in [-0.25, -0.2) is 11.2 Å². The lowest BCUT2D eigenvalue weighted by atomic mass is 9.89. The zero-order valence-corrected chi connectivity index (χ0v) is 15.6. The van der Waals surface area contributed by atoms with Gasteiger partial charge in [0.1, 0.15) is 6.61 Å². The van der Waals surface area contributed by atoms with Crippen LogP contribution < -0.4 is 0 Å². The Morgan fingerprint density at radius 1 is 1.22 bits per heavy atom. The van der Waals surface area contributed by atoms with E-state index in [1.165, 1.54) is 12.0 Å². The zero-order chi connectivity index (χ0) is 17.1. The first-order chi connectivity index (χ1) is 11.1. The van der Waals surface area contributed by atoms with E-state index in [0.29, 0.717) is 31.6 Å². The molecule has 1 rings (SSSR count). The second-order valence-electron chi connectivity index (χ2n) is 5.95. The van der Waals surface area contributed by atoms with Gasteiger partial charge in [0.05, 0.1) is 6.61 Å². The summed E-state index contributed by atoms with van der Waals surface area (Å²) in [6, 6.07) is 10.6. The second kappa shape index (κ2) is 11.5. The van der Waals surface area contributed by atoms with Crippen LogP contribution >= 0.6 is 8.53 Å². The molecule has 0 saturated heterocycles. The Kier molecular flexibility index (Phi) is 10.1. The Bertz CT molecular complexity index is 462. The Balaban J connectivity index is 2.66. The molecule has 0 amide bonds. The molecule has 0 fully saturated rings. The highest BCUT2D eigenvalue weighted by atomic mass is 31.2. The van der Waals surface area contributed by atoms with Crippen molar-refractivity contribution >= 4 is 8.53 Å². The van der Waals surface area contributed by atoms with E-state index in [4.69, 9.17) is 15.6 Å². The molecule has 3 atom stereocenters. The van der Waals surface area contributed by atoms with E-state index in [2.05, 4.69) is 43.0 Å². The van der Waals surface area contributed by atoms with Crippen LogP contribution in [0.1, 0.15) is 38.2 Å². The van der Waals surface area contributed by atoms with Gasteiger partial charge in [-0.15, -0.1) is 0 Å². The Morgan fingerprint density at radius 2 is 1.91 bits per heavy atom. The van der Waals surface area contributed by atoms with Crippen molar-refractivity contribution in [3.05, 3.63) is 47.3 Å². The van der Waals surface area contributed by atoms with Crippen LogP contribution in [0.3, 0.4) is 0 Å². The molecule has 0 aromatic heterocycles. The standard InChI is InChI=1S/C18H29N2O2P/c1-6-16(2)14-18(17-10-8-7-9-11-17)15-22-23(20(4)5)21-13-12-19-3/h7-11,16,18H,6,12-15H2,1-2,4-5H3. The van der Waals surface area contributed by atoms with Crippen LogP contribution in [0.2, 0.25) is 0 Å². The predicted octanol–water partition coefficient (Wildman–Crippen LogP) is 4.95. The molecule has 0 aliphatic rings. The lowest BCUT2D eigenvalue weighted by Gasteiger charge is -2.26. The minimum atomic E-state index is -1.09. The maximum atomic E-state index is 6.83. The molecule has 0 N–H and O–H groups in total. The van der Waals surface area contributed by atoms with E-state index in [-0.39, 0.29) is 0 Å². The molecule has 4 nitrogen and oxygen atoms in total. The third kappa shape index (κ3) is 7.90. The molecule has 23 heavy (non-hydrogen) atoms. The van der Waals surface area contributed by atoms with Gasteiger partial charge in [0.2, 0.25) is 6.54 Å². The van der Waals surface area contributed by atoms with Gasteiger partial charge in [0, 0.05) is 5.92 Å². The Labute approximate surface area is 142 Å². The molecule has 0 heterocycles. The molecule has 0 spiro atoms. The smallest absolute Gasteiger partial charge is 0.258 e. The summed E-state index contributed by atoms with van der Waals surface area (Å²) in [5.41, 5.74) is 1.32. The van der Waals surface area contributed by atoms with Crippen molar-refractivity contribution in [2.45, 2.75) is 32.6 Å². The molecule has 3 unspecified atom stereocenters. The van der Waals surface area contributed by atoms with E-state index in [9.17, 15) is 0 Å². The first-order valence-electron chi connectivity index (χ1n) is 8.19. The molecular weight excluding hydrogens is 307 g/mol. The highest BCUT2D eigenvalue weighted by molar-refractivity contribution is 7.44. The molecule has 0 saturated carbocycles. The maximum Gasteiger partial charge on any atom is 0.258 e. The van der Waals surface area contributed by atoms with Gasteiger partial charge in [-0.1, -0.05) is 50.6 Å². The summed E-state index contributed by atoms with van der Waals surface area (Å²) >= 11 is 0. The Hall–Kier alpha value is -0.980. The highest BCUT2D eigenvalue weighted by Gasteiger charge is 2.20. The van der Waals surface area contributed by atoms with Gasteiger partial charge >= 0.3 is 0 Å². The molecule has 1 aromatic rings. The van der Waals surface area contributed by atoms with Crippen molar-refractivity contribution in [3.63, 3.8) is 0 Å². The molecule has 0 aliphatic heterocycles. The van der Waals surface area contributed by atoms with Crippen molar-refractivity contribution < 1.29 is 9.05 Å². The first kappa shape index (κ1) is 20.1. The van der Waals surface area contributed by atoms with Gasteiger partial charge in [-0.3, -0.25) is 0 Å². The average molecular weight is 336 g/mol. The minimum absolute atomic E-state index is 0.376. The van der Waals surface area contributed by atoms with Crippen LogP contribution in [0.4, 0.5) is 0 Å². The normalized spacial score (nSPS) is 15.1. The van der Waals surface area contributed by atoms with Crippen molar-refractivity contribution in [1.82, 2.24) is 4.67 Å². The SMILES string of the molecule is [C-]#[N+]CCOP(OCC(CC(C)CC)c1ccccc1)N(C)C. The maximum absolute atomic E-state index is 6.83. The lowest BCUT2D eigenvalue weighted by molar-refractivity contribution is 0.206. The highest BCUT2D eigenvalue weighted by Crippen LogP contribution is 2.42. The van der Waals surface area contributed by atoms with Crippen molar-refractivity contribution in [1.29, 1.82) is 0 Å². The molecule has 0 bridgehead atoms. The van der Waals surface area contributed by atoms with Crippen LogP contribution in [0.15, 0.2) is 30.3 Å². The van der Waals surface area contributed by atoms with E-state index in [1.807, 2.05) is 24.8 Å². The summed E-state index contributed by atoms with van der Waals surface area (Å²) in [4.78, 5) is 3.32.